The van der Waals surface area contributed by atoms with Crippen LogP contribution in [0, 0.1) is 12.8 Å². The van der Waals surface area contributed by atoms with Crippen molar-refractivity contribution in [1.82, 2.24) is 9.78 Å². The Morgan fingerprint density at radius 2 is 2.14 bits per heavy atom. The molecule has 3 aliphatic rings. The van der Waals surface area contributed by atoms with E-state index in [1.54, 1.807) is 0 Å². The van der Waals surface area contributed by atoms with Crippen LogP contribution in [0.25, 0.3) is 0 Å². The number of hydrogen-bond donors (Lipinski definition) is 1. The van der Waals surface area contributed by atoms with Crippen LogP contribution in [0.5, 0.6) is 0 Å². The lowest BCUT2D eigenvalue weighted by atomic mass is 9.95. The van der Waals surface area contributed by atoms with Crippen molar-refractivity contribution in [3.8, 4) is 0 Å². The molecule has 0 radical (unpaired) electrons. The molecule has 4 rings (SSSR count). The van der Waals surface area contributed by atoms with Crippen molar-refractivity contribution in [2.75, 3.05) is 25.1 Å². The minimum Gasteiger partial charge on any atom is -0.381 e. The maximum absolute atomic E-state index is 6.04. The summed E-state index contributed by atoms with van der Waals surface area (Å²) in [6.45, 7) is 7.16. The molecule has 0 bridgehead atoms. The molecule has 1 aromatic rings. The summed E-state index contributed by atoms with van der Waals surface area (Å²) in [4.78, 5) is 0. The molecule has 0 saturated carbocycles. The summed E-state index contributed by atoms with van der Waals surface area (Å²) < 4.78 is 13.9. The monoisotopic (exact) mass is 291 g/mol. The topological polar surface area (TPSA) is 48.3 Å². The van der Waals surface area contributed by atoms with Crippen molar-refractivity contribution < 1.29 is 9.47 Å². The van der Waals surface area contributed by atoms with E-state index >= 15 is 0 Å². The summed E-state index contributed by atoms with van der Waals surface area (Å²) in [7, 11) is 0. The Bertz CT molecular complexity index is 522. The average Bonchev–Trinajstić information content (AvgIpc) is 3.19. The van der Waals surface area contributed by atoms with Crippen LogP contribution in [-0.2, 0) is 9.47 Å². The van der Waals surface area contributed by atoms with Crippen LogP contribution >= 0.6 is 0 Å². The van der Waals surface area contributed by atoms with Crippen molar-refractivity contribution >= 4 is 5.82 Å². The van der Waals surface area contributed by atoms with Gasteiger partial charge in [0, 0.05) is 24.6 Å². The normalized spacial score (nSPS) is 35.7. The van der Waals surface area contributed by atoms with Crippen molar-refractivity contribution in [3.05, 3.63) is 11.3 Å². The first kappa shape index (κ1) is 13.6. The molecule has 1 N–H and O–H groups in total. The summed E-state index contributed by atoms with van der Waals surface area (Å²) in [5, 5.41) is 8.51. The fraction of sp³-hybridized carbons (Fsp3) is 0.812. The lowest BCUT2D eigenvalue weighted by Gasteiger charge is -2.29. The molecule has 0 amide bonds. The Morgan fingerprint density at radius 1 is 1.24 bits per heavy atom. The number of nitrogens with zero attached hydrogens (tertiary/aromatic N) is 2. The number of ether oxygens (including phenoxy) is 2. The number of hydrogen-bond acceptors (Lipinski definition) is 4. The third kappa shape index (κ3) is 2.27. The number of rotatable bonds is 2. The van der Waals surface area contributed by atoms with Crippen molar-refractivity contribution in [1.29, 1.82) is 0 Å². The molecule has 2 saturated heterocycles. The summed E-state index contributed by atoms with van der Waals surface area (Å²) in [6, 6.07) is 0.482. The highest BCUT2D eigenvalue weighted by atomic mass is 16.5. The van der Waals surface area contributed by atoms with Gasteiger partial charge >= 0.3 is 0 Å². The van der Waals surface area contributed by atoms with Crippen LogP contribution in [0.15, 0.2) is 0 Å². The Hall–Kier alpha value is -1.07. The van der Waals surface area contributed by atoms with Crippen LogP contribution in [0.4, 0.5) is 5.82 Å². The first-order chi connectivity index (χ1) is 10.2. The van der Waals surface area contributed by atoms with E-state index in [1.165, 1.54) is 11.4 Å². The molecule has 4 atom stereocenters. The Kier molecular flexibility index (Phi) is 3.42. The first-order valence-corrected chi connectivity index (χ1v) is 8.30. The Morgan fingerprint density at radius 3 is 2.86 bits per heavy atom. The predicted molar refractivity (Wildman–Crippen MR) is 80.6 cm³/mol. The average molecular weight is 291 g/mol. The molecule has 2 fully saturated rings. The minimum absolute atomic E-state index is 0.181. The highest BCUT2D eigenvalue weighted by molar-refractivity contribution is 5.49. The van der Waals surface area contributed by atoms with Gasteiger partial charge in [-0.3, -0.25) is 0 Å². The van der Waals surface area contributed by atoms with E-state index in [9.17, 15) is 0 Å². The van der Waals surface area contributed by atoms with Crippen LogP contribution in [-0.4, -0.2) is 35.6 Å². The number of fused-ring (bicyclic) bond motifs is 1. The molecule has 0 spiro atoms. The highest BCUT2D eigenvalue weighted by Crippen LogP contribution is 2.40. The summed E-state index contributed by atoms with van der Waals surface area (Å²) in [6.07, 6.45) is 5.08. The van der Waals surface area contributed by atoms with Crippen LogP contribution < -0.4 is 5.32 Å². The van der Waals surface area contributed by atoms with E-state index in [0.29, 0.717) is 18.1 Å². The van der Waals surface area contributed by atoms with Gasteiger partial charge in [-0.05, 0) is 39.5 Å². The van der Waals surface area contributed by atoms with Crippen molar-refractivity contribution in [2.24, 2.45) is 5.92 Å². The molecule has 5 heteroatoms. The third-order valence-electron chi connectivity index (χ3n) is 5.28. The highest BCUT2D eigenvalue weighted by Gasteiger charge is 2.35. The van der Waals surface area contributed by atoms with Gasteiger partial charge in [0.15, 0.2) is 0 Å². The second-order valence-electron chi connectivity index (χ2n) is 6.72. The lowest BCUT2D eigenvalue weighted by molar-refractivity contribution is 0.0519. The fourth-order valence-corrected chi connectivity index (χ4v) is 4.05. The van der Waals surface area contributed by atoms with E-state index < -0.39 is 0 Å². The molecule has 5 nitrogen and oxygen atoms in total. The first-order valence-electron chi connectivity index (χ1n) is 8.30. The van der Waals surface area contributed by atoms with Gasteiger partial charge in [-0.15, -0.1) is 0 Å². The van der Waals surface area contributed by atoms with Crippen molar-refractivity contribution in [3.63, 3.8) is 0 Å². The van der Waals surface area contributed by atoms with Gasteiger partial charge in [-0.2, -0.15) is 5.10 Å². The molecule has 3 aliphatic heterocycles. The Labute approximate surface area is 126 Å². The zero-order valence-corrected chi connectivity index (χ0v) is 13.0. The Balaban J connectivity index is 1.66. The van der Waals surface area contributed by atoms with Gasteiger partial charge in [0.2, 0.25) is 0 Å². The van der Waals surface area contributed by atoms with Gasteiger partial charge in [-0.25, -0.2) is 4.68 Å². The molecule has 21 heavy (non-hydrogen) atoms. The molecular formula is C16H25N3O2. The maximum Gasteiger partial charge on any atom is 0.127 e. The van der Waals surface area contributed by atoms with E-state index in [0.717, 1.165) is 51.1 Å². The zero-order valence-electron chi connectivity index (χ0n) is 13.0. The van der Waals surface area contributed by atoms with Crippen LogP contribution in [0.1, 0.15) is 56.0 Å². The summed E-state index contributed by atoms with van der Waals surface area (Å²) >= 11 is 0. The number of aromatic nitrogens is 2. The van der Waals surface area contributed by atoms with Gasteiger partial charge in [0.05, 0.1) is 24.4 Å². The largest absolute Gasteiger partial charge is 0.381 e. The number of nitrogens with one attached hydrogen (secondary N) is 1. The SMILES string of the molecule is Cc1c(C2CCC(C)O2)nn2c1NCCC2C1CCOC1. The molecule has 4 heterocycles. The van der Waals surface area contributed by atoms with Gasteiger partial charge in [0.25, 0.3) is 0 Å². The summed E-state index contributed by atoms with van der Waals surface area (Å²) in [5.41, 5.74) is 2.42. The maximum atomic E-state index is 6.04. The fourth-order valence-electron chi connectivity index (χ4n) is 4.05. The van der Waals surface area contributed by atoms with Gasteiger partial charge < -0.3 is 14.8 Å². The second-order valence-corrected chi connectivity index (χ2v) is 6.72. The molecule has 116 valence electrons. The number of anilines is 1. The molecule has 0 aliphatic carbocycles. The molecular weight excluding hydrogens is 266 g/mol. The van der Waals surface area contributed by atoms with Gasteiger partial charge in [0.1, 0.15) is 11.9 Å². The molecule has 0 aromatic carbocycles. The van der Waals surface area contributed by atoms with E-state index in [-0.39, 0.29) is 6.10 Å². The van der Waals surface area contributed by atoms with E-state index in [1.807, 2.05) is 0 Å². The quantitative estimate of drug-likeness (QED) is 0.910. The van der Waals surface area contributed by atoms with E-state index in [2.05, 4.69) is 23.8 Å². The lowest BCUT2D eigenvalue weighted by Crippen LogP contribution is -2.29. The molecule has 1 aromatic heterocycles. The third-order valence-corrected chi connectivity index (χ3v) is 5.28. The standard InChI is InChI=1S/C16H25N3O2/c1-10-3-4-14(21-10)15-11(2)16-17-7-5-13(19(16)18-15)12-6-8-20-9-12/h10,12-14,17H,3-9H2,1-2H3. The molecule has 4 unspecified atom stereocenters. The summed E-state index contributed by atoms with van der Waals surface area (Å²) in [5.74, 6) is 1.82. The van der Waals surface area contributed by atoms with Crippen LogP contribution in [0.3, 0.4) is 0 Å². The zero-order chi connectivity index (χ0) is 14.4. The van der Waals surface area contributed by atoms with E-state index in [4.69, 9.17) is 14.6 Å². The smallest absolute Gasteiger partial charge is 0.127 e. The van der Waals surface area contributed by atoms with Gasteiger partial charge in [-0.1, -0.05) is 0 Å². The second kappa shape index (κ2) is 5.29. The predicted octanol–water partition coefficient (Wildman–Crippen LogP) is 2.82. The minimum atomic E-state index is 0.181. The van der Waals surface area contributed by atoms with Crippen LogP contribution in [0.2, 0.25) is 0 Å². The van der Waals surface area contributed by atoms with Crippen molar-refractivity contribution in [2.45, 2.75) is 57.8 Å².